The van der Waals surface area contributed by atoms with Crippen LogP contribution in [0, 0.1) is 12.3 Å². The van der Waals surface area contributed by atoms with Crippen molar-refractivity contribution in [1.29, 1.82) is 0 Å². The minimum Gasteiger partial charge on any atom is -0.481 e. The summed E-state index contributed by atoms with van der Waals surface area (Å²) in [4.78, 5) is 71.8. The number of rotatable bonds is 24. The van der Waals surface area contributed by atoms with E-state index in [1.165, 1.54) is 0 Å². The summed E-state index contributed by atoms with van der Waals surface area (Å²) >= 11 is 0. The summed E-state index contributed by atoms with van der Waals surface area (Å²) in [7, 11) is 0. The second-order valence-electron chi connectivity index (χ2n) is 9.81. The van der Waals surface area contributed by atoms with Crippen molar-refractivity contribution in [1.82, 2.24) is 5.32 Å². The molecule has 0 bridgehead atoms. The highest BCUT2D eigenvalue weighted by molar-refractivity contribution is 6.01. The van der Waals surface area contributed by atoms with Gasteiger partial charge in [-0.3, -0.25) is 34.1 Å². The maximum Gasteiger partial charge on any atom is 0.308 e. The molecule has 0 unspecified atom stereocenters. The van der Waals surface area contributed by atoms with Gasteiger partial charge in [0.15, 0.2) is 6.10 Å². The molecule has 0 radical (unpaired) electrons. The van der Waals surface area contributed by atoms with Crippen LogP contribution in [-0.2, 0) is 57.3 Å². The van der Waals surface area contributed by atoms with Gasteiger partial charge in [-0.1, -0.05) is 11.6 Å². The predicted molar refractivity (Wildman–Crippen MR) is 159 cm³/mol. The number of carbonyl (C=O) groups is 6. The number of hydrogen-bond acceptors (Lipinski definition) is 13. The molecule has 1 fully saturated rings. The van der Waals surface area contributed by atoms with Crippen LogP contribution in [0.2, 0.25) is 0 Å². The van der Waals surface area contributed by atoms with Crippen LogP contribution in [0.4, 0.5) is 0 Å². The molecule has 254 valence electrons. The van der Waals surface area contributed by atoms with Crippen LogP contribution in [0.25, 0.3) is 0 Å². The highest BCUT2D eigenvalue weighted by Gasteiger charge is 2.19. The fraction of sp³-hybridized carbons (Fsp3) is 0.700. The number of oxime groups is 1. The SMILES string of the molecule is C#CCCCC(=O)OC[C@@H](COC(=O)CCOCCOCCON=C(C)C)OC(=O)CCCCCC(=O)O.O=C1CCC(=O)N1. The first-order valence-electron chi connectivity index (χ1n) is 14.8. The average Bonchev–Trinajstić information content (AvgIpc) is 3.37. The molecule has 0 aliphatic carbocycles. The number of carbonyl (C=O) groups excluding carboxylic acids is 5. The first kappa shape index (κ1) is 41.0. The summed E-state index contributed by atoms with van der Waals surface area (Å²) in [6.07, 6.45) is 7.49. The third-order valence-electron chi connectivity index (χ3n) is 5.38. The van der Waals surface area contributed by atoms with Crippen molar-refractivity contribution in [2.45, 2.75) is 90.6 Å². The summed E-state index contributed by atoms with van der Waals surface area (Å²) in [6, 6.07) is 0. The van der Waals surface area contributed by atoms with Gasteiger partial charge in [-0.05, 0) is 33.1 Å². The second-order valence-corrected chi connectivity index (χ2v) is 9.81. The number of terminal acetylenes is 1. The Morgan fingerprint density at radius 1 is 0.800 bits per heavy atom. The lowest BCUT2D eigenvalue weighted by Gasteiger charge is -2.18. The molecule has 1 atom stereocenters. The summed E-state index contributed by atoms with van der Waals surface area (Å²) in [5.41, 5.74) is 0.812. The van der Waals surface area contributed by atoms with Crippen LogP contribution in [0.1, 0.15) is 84.5 Å². The molecule has 1 aliphatic heterocycles. The Morgan fingerprint density at radius 3 is 1.91 bits per heavy atom. The van der Waals surface area contributed by atoms with Gasteiger partial charge in [0.2, 0.25) is 11.8 Å². The molecule has 1 aliphatic rings. The number of ether oxygens (including phenoxy) is 5. The fourth-order valence-electron chi connectivity index (χ4n) is 3.19. The summed E-state index contributed by atoms with van der Waals surface area (Å²) in [6.45, 7) is 4.50. The van der Waals surface area contributed by atoms with Gasteiger partial charge in [0.1, 0.15) is 19.8 Å². The van der Waals surface area contributed by atoms with E-state index >= 15 is 0 Å². The number of hydrogen-bond donors (Lipinski definition) is 2. The van der Waals surface area contributed by atoms with Crippen LogP contribution in [0.15, 0.2) is 5.16 Å². The zero-order valence-electron chi connectivity index (χ0n) is 26.2. The highest BCUT2D eigenvalue weighted by Crippen LogP contribution is 2.08. The van der Waals surface area contributed by atoms with E-state index in [1.54, 1.807) is 0 Å². The molecule has 0 spiro atoms. The second kappa shape index (κ2) is 27.5. The quantitative estimate of drug-likeness (QED) is 0.0295. The molecular formula is C30H46N2O13. The Kier molecular flexibility index (Phi) is 25.0. The number of carboxylic acid groups (broad SMARTS) is 1. The molecule has 45 heavy (non-hydrogen) atoms. The van der Waals surface area contributed by atoms with Crippen LogP contribution in [0.3, 0.4) is 0 Å². The Labute approximate surface area is 263 Å². The lowest BCUT2D eigenvalue weighted by atomic mass is 10.1. The van der Waals surface area contributed by atoms with Crippen molar-refractivity contribution < 1.29 is 62.4 Å². The van der Waals surface area contributed by atoms with E-state index in [-0.39, 0.29) is 63.9 Å². The molecule has 1 saturated heterocycles. The van der Waals surface area contributed by atoms with Gasteiger partial charge in [-0.2, -0.15) is 0 Å². The van der Waals surface area contributed by atoms with Gasteiger partial charge >= 0.3 is 23.9 Å². The summed E-state index contributed by atoms with van der Waals surface area (Å²) in [5, 5.41) is 14.6. The first-order chi connectivity index (χ1) is 21.5. The Balaban J connectivity index is 0.00000241. The van der Waals surface area contributed by atoms with Crippen LogP contribution >= 0.6 is 0 Å². The van der Waals surface area contributed by atoms with Gasteiger partial charge in [-0.15, -0.1) is 12.3 Å². The normalized spacial score (nSPS) is 12.5. The van der Waals surface area contributed by atoms with Crippen molar-refractivity contribution >= 4 is 41.4 Å². The Morgan fingerprint density at radius 2 is 1.36 bits per heavy atom. The van der Waals surface area contributed by atoms with Crippen molar-refractivity contribution in [3.8, 4) is 12.3 Å². The van der Waals surface area contributed by atoms with Gasteiger partial charge in [-0.25, -0.2) is 0 Å². The van der Waals surface area contributed by atoms with Gasteiger partial charge < -0.3 is 33.6 Å². The molecule has 1 heterocycles. The van der Waals surface area contributed by atoms with Gasteiger partial charge in [0, 0.05) is 38.5 Å². The number of imide groups is 1. The van der Waals surface area contributed by atoms with E-state index in [1.807, 2.05) is 13.8 Å². The van der Waals surface area contributed by atoms with Crippen LogP contribution in [-0.4, -0.2) is 98.9 Å². The van der Waals surface area contributed by atoms with E-state index in [4.69, 9.17) is 40.1 Å². The zero-order valence-corrected chi connectivity index (χ0v) is 26.2. The monoisotopic (exact) mass is 642 g/mol. The van der Waals surface area contributed by atoms with Crippen molar-refractivity contribution in [3.05, 3.63) is 0 Å². The number of nitrogens with one attached hydrogen (secondary N) is 1. The Bertz CT molecular complexity index is 973. The number of esters is 3. The minimum atomic E-state index is -0.973. The van der Waals surface area contributed by atoms with E-state index in [9.17, 15) is 28.8 Å². The molecule has 2 N–H and O–H groups in total. The molecule has 0 aromatic carbocycles. The van der Waals surface area contributed by atoms with Gasteiger partial charge in [0.05, 0.1) is 38.6 Å². The first-order valence-corrected chi connectivity index (χ1v) is 14.8. The molecule has 1 rings (SSSR count). The molecular weight excluding hydrogens is 596 g/mol. The highest BCUT2D eigenvalue weighted by atomic mass is 16.6. The van der Waals surface area contributed by atoms with E-state index < -0.39 is 30.0 Å². The molecule has 0 aromatic heterocycles. The van der Waals surface area contributed by atoms with E-state index in [2.05, 4.69) is 16.4 Å². The lowest BCUT2D eigenvalue weighted by Crippen LogP contribution is -2.31. The summed E-state index contributed by atoms with van der Waals surface area (Å²) in [5.74, 6) is -0.390. The molecule has 15 nitrogen and oxygen atoms in total. The standard InChI is InChI=1S/C26H41NO11.C4H5NO2/c1-4-5-7-11-24(30)35-19-22(38-26(32)12-9-6-8-10-23(28)29)20-36-25(31)13-14-33-15-16-34-17-18-37-27-21(2)3;6-3-1-2-4(7)5-3/h1,22H,5-20H2,2-3H3,(H,28,29);1-2H2,(H,5,6,7)/t22-;/m0./s1. The van der Waals surface area contributed by atoms with Crippen LogP contribution in [0.5, 0.6) is 0 Å². The van der Waals surface area contributed by atoms with Crippen molar-refractivity contribution in [2.75, 3.05) is 46.2 Å². The molecule has 15 heteroatoms. The van der Waals surface area contributed by atoms with Crippen molar-refractivity contribution in [2.24, 2.45) is 5.16 Å². The third-order valence-corrected chi connectivity index (χ3v) is 5.38. The zero-order chi connectivity index (χ0) is 33.7. The maximum atomic E-state index is 12.1. The number of carboxylic acids is 1. The van der Waals surface area contributed by atoms with Gasteiger partial charge in [0.25, 0.3) is 0 Å². The third kappa shape index (κ3) is 28.5. The summed E-state index contributed by atoms with van der Waals surface area (Å²) < 4.78 is 26.2. The number of amides is 2. The van der Waals surface area contributed by atoms with E-state index in [0.717, 1.165) is 5.71 Å². The predicted octanol–water partition coefficient (Wildman–Crippen LogP) is 2.08. The molecule has 2 amide bonds. The minimum absolute atomic E-state index is 0.0241. The van der Waals surface area contributed by atoms with Crippen molar-refractivity contribution in [3.63, 3.8) is 0 Å². The van der Waals surface area contributed by atoms with Crippen LogP contribution < -0.4 is 5.32 Å². The van der Waals surface area contributed by atoms with E-state index in [0.29, 0.717) is 64.8 Å². The number of aliphatic carboxylic acids is 1. The molecule has 0 saturated carbocycles. The topological polar surface area (TPSA) is 202 Å². The number of nitrogens with zero attached hydrogens (tertiary/aromatic N) is 1. The smallest absolute Gasteiger partial charge is 0.308 e. The maximum absolute atomic E-state index is 12.1. The Hall–Kier alpha value is -4.03. The molecule has 0 aromatic rings. The largest absolute Gasteiger partial charge is 0.481 e. The number of unbranched alkanes of at least 4 members (excludes halogenated alkanes) is 3. The average molecular weight is 643 g/mol. The lowest BCUT2D eigenvalue weighted by molar-refractivity contribution is -0.167. The fourth-order valence-corrected chi connectivity index (χ4v) is 3.19.